The molecule has 0 aliphatic heterocycles. The molecule has 0 spiro atoms. The zero-order chi connectivity index (χ0) is 25.4. The monoisotopic (exact) mass is 598 g/mol. The Morgan fingerprint density at radius 2 is 1.76 bits per heavy atom. The molecule has 184 valence electrons. The fraction of sp³-hybridized carbons (Fsp3) is 0.360. The SMILES string of the molecule is CCOC(=O)C/C=C(\C(=O)OCC)c1c(O)cc(Br)c(Oc2ccc(OC)c(C(C)C)c2)c1Br. The molecule has 1 N–H and O–H groups in total. The van der Waals surface area contributed by atoms with Crippen LogP contribution in [0.4, 0.5) is 0 Å². The number of aromatic hydroxyl groups is 1. The van der Waals surface area contributed by atoms with Crippen molar-refractivity contribution in [2.75, 3.05) is 20.3 Å². The fourth-order valence-corrected chi connectivity index (χ4v) is 4.66. The predicted octanol–water partition coefficient (Wildman–Crippen LogP) is 6.74. The summed E-state index contributed by atoms with van der Waals surface area (Å²) in [5.41, 5.74) is 1.11. The summed E-state index contributed by atoms with van der Waals surface area (Å²) in [5, 5.41) is 10.7. The summed E-state index contributed by atoms with van der Waals surface area (Å²) < 4.78 is 22.5. The van der Waals surface area contributed by atoms with E-state index in [-0.39, 0.29) is 42.4 Å². The molecule has 9 heteroatoms. The first-order chi connectivity index (χ1) is 16.1. The summed E-state index contributed by atoms with van der Waals surface area (Å²) in [4.78, 5) is 24.6. The first kappa shape index (κ1) is 27.7. The van der Waals surface area contributed by atoms with E-state index in [0.717, 1.165) is 11.3 Å². The van der Waals surface area contributed by atoms with Crippen molar-refractivity contribution in [2.24, 2.45) is 0 Å². The van der Waals surface area contributed by atoms with Crippen molar-refractivity contribution in [3.63, 3.8) is 0 Å². The van der Waals surface area contributed by atoms with Crippen molar-refractivity contribution in [1.29, 1.82) is 0 Å². The number of benzene rings is 2. The lowest BCUT2D eigenvalue weighted by Crippen LogP contribution is -2.10. The van der Waals surface area contributed by atoms with Gasteiger partial charge in [0.05, 0.1) is 41.3 Å². The topological polar surface area (TPSA) is 91.3 Å². The maximum absolute atomic E-state index is 12.7. The zero-order valence-corrected chi connectivity index (χ0v) is 22.9. The van der Waals surface area contributed by atoms with E-state index in [1.807, 2.05) is 26.0 Å². The van der Waals surface area contributed by atoms with Crippen LogP contribution in [0.15, 0.2) is 39.3 Å². The van der Waals surface area contributed by atoms with Gasteiger partial charge in [0.15, 0.2) is 5.75 Å². The molecule has 0 bridgehead atoms. The van der Waals surface area contributed by atoms with Crippen LogP contribution in [0.5, 0.6) is 23.0 Å². The van der Waals surface area contributed by atoms with Gasteiger partial charge in [-0.05, 0) is 75.9 Å². The van der Waals surface area contributed by atoms with Crippen LogP contribution >= 0.6 is 31.9 Å². The van der Waals surface area contributed by atoms with Gasteiger partial charge in [0.25, 0.3) is 0 Å². The van der Waals surface area contributed by atoms with E-state index in [4.69, 9.17) is 18.9 Å². The van der Waals surface area contributed by atoms with Gasteiger partial charge >= 0.3 is 11.9 Å². The molecule has 0 amide bonds. The summed E-state index contributed by atoms with van der Waals surface area (Å²) in [7, 11) is 1.61. The highest BCUT2D eigenvalue weighted by Gasteiger charge is 2.25. The third kappa shape index (κ3) is 6.76. The van der Waals surface area contributed by atoms with E-state index >= 15 is 0 Å². The van der Waals surface area contributed by atoms with Crippen molar-refractivity contribution >= 4 is 49.4 Å². The number of carbonyl (C=O) groups is 2. The summed E-state index contributed by atoms with van der Waals surface area (Å²) in [6.45, 7) is 7.79. The lowest BCUT2D eigenvalue weighted by molar-refractivity contribution is -0.142. The fourth-order valence-electron chi connectivity index (χ4n) is 3.18. The summed E-state index contributed by atoms with van der Waals surface area (Å²) >= 11 is 6.88. The van der Waals surface area contributed by atoms with E-state index in [2.05, 4.69) is 31.9 Å². The highest BCUT2D eigenvalue weighted by Crippen LogP contribution is 2.46. The Morgan fingerprint density at radius 3 is 2.35 bits per heavy atom. The summed E-state index contributed by atoms with van der Waals surface area (Å²) in [5.74, 6) is 0.414. The molecule has 0 aliphatic rings. The zero-order valence-electron chi connectivity index (χ0n) is 19.7. The lowest BCUT2D eigenvalue weighted by atomic mass is 10.0. The third-order valence-electron chi connectivity index (χ3n) is 4.74. The second-order valence-corrected chi connectivity index (χ2v) is 9.05. The minimum atomic E-state index is -0.692. The standard InChI is InChI=1S/C25H28Br2O7/c1-6-32-21(29)11-9-16(25(30)33-7-2)22-19(28)13-18(26)24(23(22)27)34-15-8-10-20(31-5)17(12-15)14(3)4/h8-10,12-14,28H,6-7,11H2,1-5H3/b16-9-. The largest absolute Gasteiger partial charge is 0.507 e. The molecule has 0 fully saturated rings. The van der Waals surface area contributed by atoms with Crippen molar-refractivity contribution in [3.05, 3.63) is 50.4 Å². The van der Waals surface area contributed by atoms with Crippen molar-refractivity contribution in [2.45, 2.75) is 40.0 Å². The van der Waals surface area contributed by atoms with Crippen LogP contribution in [0.2, 0.25) is 0 Å². The summed E-state index contributed by atoms with van der Waals surface area (Å²) in [6.07, 6.45) is 1.20. The molecule has 0 aromatic heterocycles. The van der Waals surface area contributed by atoms with Gasteiger partial charge in [-0.1, -0.05) is 19.9 Å². The van der Waals surface area contributed by atoms with Gasteiger partial charge in [0, 0.05) is 11.1 Å². The number of esters is 2. The molecule has 2 rings (SSSR count). The molecule has 0 saturated heterocycles. The van der Waals surface area contributed by atoms with Gasteiger partial charge < -0.3 is 24.1 Å². The Morgan fingerprint density at radius 1 is 1.09 bits per heavy atom. The molecule has 7 nitrogen and oxygen atoms in total. The molecular weight excluding hydrogens is 572 g/mol. The minimum absolute atomic E-state index is 0.00854. The maximum Gasteiger partial charge on any atom is 0.338 e. The van der Waals surface area contributed by atoms with Crippen LogP contribution in [0.25, 0.3) is 5.57 Å². The number of rotatable bonds is 10. The van der Waals surface area contributed by atoms with Gasteiger partial charge in [0.2, 0.25) is 0 Å². The van der Waals surface area contributed by atoms with E-state index in [0.29, 0.717) is 20.4 Å². The Hall–Kier alpha value is -2.52. The first-order valence-electron chi connectivity index (χ1n) is 10.7. The molecule has 0 unspecified atom stereocenters. The number of hydrogen-bond donors (Lipinski definition) is 1. The Balaban J connectivity index is 2.58. The molecular formula is C25H28Br2O7. The number of halogens is 2. The molecule has 34 heavy (non-hydrogen) atoms. The lowest BCUT2D eigenvalue weighted by Gasteiger charge is -2.18. The smallest absolute Gasteiger partial charge is 0.338 e. The van der Waals surface area contributed by atoms with E-state index in [1.165, 1.54) is 12.1 Å². The molecule has 2 aromatic rings. The van der Waals surface area contributed by atoms with Gasteiger partial charge in [-0.2, -0.15) is 0 Å². The Kier molecular flexibility index (Phi) is 10.4. The molecule has 2 aromatic carbocycles. The van der Waals surface area contributed by atoms with Crippen LogP contribution in [0.1, 0.15) is 51.2 Å². The predicted molar refractivity (Wildman–Crippen MR) is 137 cm³/mol. The molecule has 0 aliphatic carbocycles. The van der Waals surface area contributed by atoms with Crippen molar-refractivity contribution < 1.29 is 33.6 Å². The van der Waals surface area contributed by atoms with Crippen LogP contribution in [0, 0.1) is 0 Å². The Labute approximate surface area is 216 Å². The molecule has 0 atom stereocenters. The second-order valence-electron chi connectivity index (χ2n) is 7.40. The number of ether oxygens (including phenoxy) is 4. The quantitative estimate of drug-likeness (QED) is 0.239. The second kappa shape index (κ2) is 12.8. The third-order valence-corrected chi connectivity index (χ3v) is 6.09. The highest BCUT2D eigenvalue weighted by molar-refractivity contribution is 9.11. The van der Waals surface area contributed by atoms with E-state index < -0.39 is 11.9 Å². The molecule has 0 saturated carbocycles. The summed E-state index contributed by atoms with van der Waals surface area (Å²) in [6, 6.07) is 6.87. The van der Waals surface area contributed by atoms with Gasteiger partial charge in [-0.25, -0.2) is 4.79 Å². The van der Waals surface area contributed by atoms with Crippen molar-refractivity contribution in [3.8, 4) is 23.0 Å². The molecule has 0 radical (unpaired) electrons. The van der Waals surface area contributed by atoms with Gasteiger partial charge in [-0.15, -0.1) is 0 Å². The Bertz CT molecular complexity index is 1080. The van der Waals surface area contributed by atoms with Crippen LogP contribution < -0.4 is 9.47 Å². The van der Waals surface area contributed by atoms with E-state index in [9.17, 15) is 14.7 Å². The van der Waals surface area contributed by atoms with Crippen LogP contribution in [-0.4, -0.2) is 37.4 Å². The van der Waals surface area contributed by atoms with Crippen LogP contribution in [-0.2, 0) is 19.1 Å². The normalized spacial score (nSPS) is 11.4. The number of methoxy groups -OCH3 is 1. The number of phenolic OH excluding ortho intramolecular Hbond substituents is 1. The average molecular weight is 600 g/mol. The van der Waals surface area contributed by atoms with Gasteiger partial charge in [-0.3, -0.25) is 4.79 Å². The number of hydrogen-bond acceptors (Lipinski definition) is 7. The van der Waals surface area contributed by atoms with E-state index in [1.54, 1.807) is 27.0 Å². The van der Waals surface area contributed by atoms with Crippen molar-refractivity contribution in [1.82, 2.24) is 0 Å². The van der Waals surface area contributed by atoms with Gasteiger partial charge in [0.1, 0.15) is 17.2 Å². The van der Waals surface area contributed by atoms with Crippen LogP contribution in [0.3, 0.4) is 0 Å². The maximum atomic E-state index is 12.7. The average Bonchev–Trinajstić information content (AvgIpc) is 2.78. The molecule has 0 heterocycles. The number of phenols is 1. The minimum Gasteiger partial charge on any atom is -0.507 e. The highest BCUT2D eigenvalue weighted by atomic mass is 79.9. The number of carbonyl (C=O) groups excluding carboxylic acids is 2. The first-order valence-corrected chi connectivity index (χ1v) is 12.3.